The highest BCUT2D eigenvalue weighted by Gasteiger charge is 2.35. The first-order valence-corrected chi connectivity index (χ1v) is 7.12. The second-order valence-electron chi connectivity index (χ2n) is 5.48. The average molecular weight is 255 g/mol. The predicted molar refractivity (Wildman–Crippen MR) is 70.0 cm³/mol. The minimum atomic E-state index is -0.198. The Morgan fingerprint density at radius 2 is 2.17 bits per heavy atom. The molecule has 3 unspecified atom stereocenters. The Labute approximate surface area is 109 Å². The number of hydrogen-bond donors (Lipinski definition) is 3. The van der Waals surface area contributed by atoms with E-state index < -0.39 is 0 Å². The molecular weight excluding hydrogens is 230 g/mol. The lowest BCUT2D eigenvalue weighted by Gasteiger charge is -2.37. The Balaban J connectivity index is 1.86. The third-order valence-corrected chi connectivity index (χ3v) is 4.18. The molecule has 5 heteroatoms. The van der Waals surface area contributed by atoms with Gasteiger partial charge in [-0.15, -0.1) is 0 Å². The molecule has 2 fully saturated rings. The number of aliphatic hydroxyl groups excluding tert-OH is 1. The molecule has 1 amide bonds. The largest absolute Gasteiger partial charge is 0.391 e. The number of hydrogen-bond acceptors (Lipinski definition) is 4. The number of carbonyl (C=O) groups excluding carboxylic acids is 1. The molecule has 18 heavy (non-hydrogen) atoms. The lowest BCUT2D eigenvalue weighted by Crippen LogP contribution is -2.49. The monoisotopic (exact) mass is 255 g/mol. The number of aliphatic hydroxyl groups is 1. The fraction of sp³-hybridized carbons (Fsp3) is 0.923. The van der Waals surface area contributed by atoms with Crippen LogP contribution in [0.5, 0.6) is 0 Å². The van der Waals surface area contributed by atoms with Crippen LogP contribution in [-0.2, 0) is 4.79 Å². The van der Waals surface area contributed by atoms with Crippen LogP contribution in [0.2, 0.25) is 0 Å². The first kappa shape index (κ1) is 13.8. The summed E-state index contributed by atoms with van der Waals surface area (Å²) < 4.78 is 0. The Hall–Kier alpha value is -0.650. The van der Waals surface area contributed by atoms with Gasteiger partial charge in [0.25, 0.3) is 0 Å². The van der Waals surface area contributed by atoms with Crippen LogP contribution in [0.4, 0.5) is 0 Å². The van der Waals surface area contributed by atoms with Crippen molar-refractivity contribution >= 4 is 5.91 Å². The van der Waals surface area contributed by atoms with Crippen LogP contribution < -0.4 is 11.1 Å². The molecule has 4 N–H and O–H groups in total. The summed E-state index contributed by atoms with van der Waals surface area (Å²) in [5.41, 5.74) is 5.39. The third kappa shape index (κ3) is 3.22. The van der Waals surface area contributed by atoms with E-state index in [1.165, 1.54) is 0 Å². The second kappa shape index (κ2) is 6.50. The number of rotatable bonds is 4. The standard InChI is InChI=1S/C13H25N3O2/c14-6-7-15-13(18)10-3-2-8-16(9-10)11-4-1-5-12(11)17/h10-12,17H,1-9,14H2,(H,15,18). The average Bonchev–Trinajstić information content (AvgIpc) is 2.82. The molecule has 1 aliphatic carbocycles. The van der Waals surface area contributed by atoms with Crippen LogP contribution in [0.25, 0.3) is 0 Å². The summed E-state index contributed by atoms with van der Waals surface area (Å²) in [6.07, 6.45) is 4.88. The predicted octanol–water partition coefficient (Wildman–Crippen LogP) is -0.313. The zero-order valence-electron chi connectivity index (χ0n) is 11.0. The van der Waals surface area contributed by atoms with Crippen molar-refractivity contribution in [2.45, 2.75) is 44.2 Å². The van der Waals surface area contributed by atoms with Gasteiger partial charge in [0, 0.05) is 25.7 Å². The summed E-state index contributed by atoms with van der Waals surface area (Å²) in [5.74, 6) is 0.190. The van der Waals surface area contributed by atoms with Crippen LogP contribution in [0.15, 0.2) is 0 Å². The van der Waals surface area contributed by atoms with Gasteiger partial charge in [0.1, 0.15) is 0 Å². The van der Waals surface area contributed by atoms with Crippen molar-refractivity contribution in [2.24, 2.45) is 11.7 Å². The van der Waals surface area contributed by atoms with E-state index in [1.807, 2.05) is 0 Å². The molecule has 0 bridgehead atoms. The molecule has 5 nitrogen and oxygen atoms in total. The van der Waals surface area contributed by atoms with E-state index in [1.54, 1.807) is 0 Å². The van der Waals surface area contributed by atoms with Crippen molar-refractivity contribution in [1.82, 2.24) is 10.2 Å². The molecular formula is C13H25N3O2. The molecule has 0 spiro atoms. The van der Waals surface area contributed by atoms with Gasteiger partial charge in [0.2, 0.25) is 5.91 Å². The molecule has 0 aromatic heterocycles. The van der Waals surface area contributed by atoms with Gasteiger partial charge in [-0.1, -0.05) is 0 Å². The lowest BCUT2D eigenvalue weighted by molar-refractivity contribution is -0.127. The minimum absolute atomic E-state index is 0.0677. The summed E-state index contributed by atoms with van der Waals surface area (Å²) in [5, 5.41) is 12.8. The van der Waals surface area contributed by atoms with Crippen molar-refractivity contribution in [3.8, 4) is 0 Å². The quantitative estimate of drug-likeness (QED) is 0.644. The molecule has 1 saturated heterocycles. The van der Waals surface area contributed by atoms with E-state index in [4.69, 9.17) is 5.73 Å². The van der Waals surface area contributed by atoms with Crippen LogP contribution in [0.3, 0.4) is 0 Å². The molecule has 2 rings (SSSR count). The van der Waals surface area contributed by atoms with E-state index in [0.29, 0.717) is 13.1 Å². The number of carbonyl (C=O) groups is 1. The van der Waals surface area contributed by atoms with Crippen molar-refractivity contribution in [3.63, 3.8) is 0 Å². The van der Waals surface area contributed by atoms with Crippen molar-refractivity contribution < 1.29 is 9.90 Å². The van der Waals surface area contributed by atoms with Gasteiger partial charge in [-0.05, 0) is 38.6 Å². The highest BCUT2D eigenvalue weighted by atomic mass is 16.3. The summed E-state index contributed by atoms with van der Waals surface area (Å²) in [4.78, 5) is 14.3. The maximum atomic E-state index is 11.9. The summed E-state index contributed by atoms with van der Waals surface area (Å²) in [6.45, 7) is 2.85. The SMILES string of the molecule is NCCNC(=O)C1CCCN(C2CCCC2O)C1. The van der Waals surface area contributed by atoms with E-state index in [0.717, 1.165) is 45.2 Å². The Bertz CT molecular complexity index is 285. The number of piperidine rings is 1. The molecule has 1 heterocycles. The van der Waals surface area contributed by atoms with Gasteiger partial charge in [0.15, 0.2) is 0 Å². The third-order valence-electron chi connectivity index (χ3n) is 4.18. The smallest absolute Gasteiger partial charge is 0.224 e. The van der Waals surface area contributed by atoms with Gasteiger partial charge in [-0.3, -0.25) is 9.69 Å². The van der Waals surface area contributed by atoms with Crippen molar-refractivity contribution in [3.05, 3.63) is 0 Å². The highest BCUT2D eigenvalue weighted by molar-refractivity contribution is 5.78. The van der Waals surface area contributed by atoms with E-state index in [-0.39, 0.29) is 24.0 Å². The Morgan fingerprint density at radius 1 is 1.33 bits per heavy atom. The van der Waals surface area contributed by atoms with Gasteiger partial charge in [0.05, 0.1) is 12.0 Å². The summed E-state index contributed by atoms with van der Waals surface area (Å²) in [6, 6.07) is 0.273. The van der Waals surface area contributed by atoms with Crippen molar-refractivity contribution in [2.75, 3.05) is 26.2 Å². The van der Waals surface area contributed by atoms with Crippen LogP contribution in [0.1, 0.15) is 32.1 Å². The van der Waals surface area contributed by atoms with E-state index >= 15 is 0 Å². The maximum absolute atomic E-state index is 11.9. The Morgan fingerprint density at radius 3 is 2.83 bits per heavy atom. The normalized spacial score (nSPS) is 33.6. The van der Waals surface area contributed by atoms with Crippen molar-refractivity contribution in [1.29, 1.82) is 0 Å². The van der Waals surface area contributed by atoms with Crippen LogP contribution in [-0.4, -0.2) is 54.2 Å². The first-order valence-electron chi connectivity index (χ1n) is 7.12. The second-order valence-corrected chi connectivity index (χ2v) is 5.48. The zero-order valence-corrected chi connectivity index (χ0v) is 11.0. The number of nitrogens with two attached hydrogens (primary N) is 1. The lowest BCUT2D eigenvalue weighted by atomic mass is 9.95. The minimum Gasteiger partial charge on any atom is -0.391 e. The van der Waals surface area contributed by atoms with E-state index in [2.05, 4.69) is 10.2 Å². The molecule has 0 radical (unpaired) electrons. The topological polar surface area (TPSA) is 78.6 Å². The summed E-state index contributed by atoms with van der Waals surface area (Å²) in [7, 11) is 0. The van der Waals surface area contributed by atoms with Crippen LogP contribution >= 0.6 is 0 Å². The fourth-order valence-electron chi connectivity index (χ4n) is 3.21. The summed E-state index contributed by atoms with van der Waals surface area (Å²) >= 11 is 0. The first-order chi connectivity index (χ1) is 8.72. The van der Waals surface area contributed by atoms with Gasteiger partial charge in [-0.2, -0.15) is 0 Å². The number of nitrogens with zero attached hydrogens (tertiary/aromatic N) is 1. The number of amides is 1. The van der Waals surface area contributed by atoms with Gasteiger partial charge < -0.3 is 16.2 Å². The maximum Gasteiger partial charge on any atom is 0.224 e. The van der Waals surface area contributed by atoms with Gasteiger partial charge >= 0.3 is 0 Å². The van der Waals surface area contributed by atoms with E-state index in [9.17, 15) is 9.90 Å². The molecule has 1 saturated carbocycles. The fourth-order valence-corrected chi connectivity index (χ4v) is 3.21. The molecule has 1 aliphatic heterocycles. The molecule has 2 aliphatic rings. The molecule has 3 atom stereocenters. The zero-order chi connectivity index (χ0) is 13.0. The molecule has 104 valence electrons. The van der Waals surface area contributed by atoms with Gasteiger partial charge in [-0.25, -0.2) is 0 Å². The van der Waals surface area contributed by atoms with Crippen LogP contribution in [0, 0.1) is 5.92 Å². The number of likely N-dealkylation sites (tertiary alicyclic amines) is 1. The molecule has 0 aromatic carbocycles. The number of nitrogens with one attached hydrogen (secondary N) is 1. The molecule has 0 aromatic rings. The Kier molecular flexibility index (Phi) is 4.97. The highest BCUT2D eigenvalue weighted by Crippen LogP contribution is 2.28.